The molecule has 9 aromatic rings. The lowest BCUT2D eigenvalue weighted by molar-refractivity contribution is 0.474. The Hall–Kier alpha value is -6.19. The smallest absolute Gasteiger partial charge is 0.153 e. The van der Waals surface area contributed by atoms with E-state index < -0.39 is 0 Å². The number of hydrogen-bond acceptors (Lipinski definition) is 2. The summed E-state index contributed by atoms with van der Waals surface area (Å²) in [7, 11) is 0. The van der Waals surface area contributed by atoms with E-state index in [1.165, 1.54) is 54.6 Å². The number of nitrogens with zero attached hydrogens (tertiary/aromatic N) is 2. The molecule has 0 radical (unpaired) electrons. The predicted octanol–water partition coefficient (Wildman–Crippen LogP) is 12.2. The Kier molecular flexibility index (Phi) is 5.85. The number of para-hydroxylation sites is 2. The van der Waals surface area contributed by atoms with Crippen molar-refractivity contribution >= 4 is 43.4 Å². The second-order valence-corrected chi connectivity index (χ2v) is 12.6. The molecule has 8 aromatic carbocycles. The molecule has 0 N–H and O–H groups in total. The molecule has 3 heteroatoms. The molecule has 1 aromatic heterocycles. The van der Waals surface area contributed by atoms with Crippen LogP contribution in [0.2, 0.25) is 0 Å². The molecule has 0 atom stereocenters. The van der Waals surface area contributed by atoms with Crippen molar-refractivity contribution in [1.29, 1.82) is 0 Å². The number of imidazole rings is 1. The molecule has 10 rings (SSSR count). The predicted molar refractivity (Wildman–Crippen MR) is 199 cm³/mol. The molecule has 0 spiro atoms. The maximum atomic E-state index is 6.56. The lowest BCUT2D eigenvalue weighted by atomic mass is 9.84. The van der Waals surface area contributed by atoms with E-state index in [1.54, 1.807) is 0 Å². The van der Waals surface area contributed by atoms with Gasteiger partial charge in [-0.25, -0.2) is 4.98 Å². The van der Waals surface area contributed by atoms with Crippen LogP contribution < -0.4 is 4.74 Å². The Labute approximate surface area is 278 Å². The monoisotopic (exact) mass is 614 g/mol. The zero-order valence-electron chi connectivity index (χ0n) is 26.4. The Balaban J connectivity index is 1.32. The fourth-order valence-corrected chi connectivity index (χ4v) is 7.81. The van der Waals surface area contributed by atoms with Crippen LogP contribution in [-0.2, 0) is 6.42 Å². The van der Waals surface area contributed by atoms with E-state index in [9.17, 15) is 0 Å². The molecule has 1 aliphatic heterocycles. The van der Waals surface area contributed by atoms with Crippen LogP contribution in [0.1, 0.15) is 12.7 Å². The summed E-state index contributed by atoms with van der Waals surface area (Å²) in [6, 6.07) is 54.7. The summed E-state index contributed by atoms with van der Waals surface area (Å²) in [6.45, 7) is 2.17. The minimum Gasteiger partial charge on any atom is -0.453 e. The highest BCUT2D eigenvalue weighted by atomic mass is 16.5. The largest absolute Gasteiger partial charge is 0.453 e. The van der Waals surface area contributed by atoms with Gasteiger partial charge in [0, 0.05) is 12.0 Å². The topological polar surface area (TPSA) is 27.1 Å². The number of rotatable bonds is 4. The third-order valence-electron chi connectivity index (χ3n) is 9.90. The van der Waals surface area contributed by atoms with Crippen molar-refractivity contribution in [2.75, 3.05) is 0 Å². The summed E-state index contributed by atoms with van der Waals surface area (Å²) in [5.41, 5.74) is 10.2. The highest BCUT2D eigenvalue weighted by Crippen LogP contribution is 2.48. The van der Waals surface area contributed by atoms with Crippen LogP contribution in [0.5, 0.6) is 11.5 Å². The molecule has 0 amide bonds. The van der Waals surface area contributed by atoms with Crippen LogP contribution in [0.15, 0.2) is 152 Å². The van der Waals surface area contributed by atoms with E-state index in [2.05, 4.69) is 151 Å². The molecule has 0 bridgehead atoms. The zero-order chi connectivity index (χ0) is 31.8. The van der Waals surface area contributed by atoms with Crippen molar-refractivity contribution in [3.63, 3.8) is 0 Å². The van der Waals surface area contributed by atoms with Crippen LogP contribution in [0.3, 0.4) is 0 Å². The van der Waals surface area contributed by atoms with Crippen molar-refractivity contribution in [2.45, 2.75) is 13.3 Å². The minimum absolute atomic E-state index is 0.818. The number of aromatic nitrogens is 2. The molecule has 2 heterocycles. The third kappa shape index (κ3) is 3.91. The van der Waals surface area contributed by atoms with E-state index in [-0.39, 0.29) is 0 Å². The lowest BCUT2D eigenvalue weighted by Gasteiger charge is -2.24. The standard InChI is InChI=1S/C45H30N2O/c1-2-41-46-38-19-11-21-40-45(38)47(41)44-33(18-10-20-39(44)48-40)31-24-25-36-37(27-31)43(32-23-22-28-12-6-7-15-30(28)26-32)35-17-9-8-16-34(35)42(36)29-13-4-3-5-14-29/h3-27H,2H2,1H3. The van der Waals surface area contributed by atoms with Gasteiger partial charge in [0.05, 0.1) is 11.2 Å². The van der Waals surface area contributed by atoms with Gasteiger partial charge in [-0.1, -0.05) is 128 Å². The molecule has 0 fully saturated rings. The summed E-state index contributed by atoms with van der Waals surface area (Å²) in [6.07, 6.45) is 0.818. The second-order valence-electron chi connectivity index (χ2n) is 12.6. The number of hydrogen-bond donors (Lipinski definition) is 0. The highest BCUT2D eigenvalue weighted by Gasteiger charge is 2.27. The van der Waals surface area contributed by atoms with Crippen molar-refractivity contribution in [2.24, 2.45) is 0 Å². The number of fused-ring (bicyclic) bond motifs is 5. The van der Waals surface area contributed by atoms with Crippen LogP contribution in [-0.4, -0.2) is 9.55 Å². The number of ether oxygens (including phenoxy) is 1. The second kappa shape index (κ2) is 10.4. The summed E-state index contributed by atoms with van der Waals surface area (Å²) in [5, 5.41) is 7.43. The zero-order valence-corrected chi connectivity index (χ0v) is 26.4. The molecular weight excluding hydrogens is 585 g/mol. The molecular formula is C45H30N2O. The number of benzene rings is 8. The first-order valence-electron chi connectivity index (χ1n) is 16.6. The molecule has 0 saturated carbocycles. The van der Waals surface area contributed by atoms with Crippen LogP contribution >= 0.6 is 0 Å². The Bertz CT molecular complexity index is 2740. The Morgan fingerprint density at radius 2 is 1.21 bits per heavy atom. The summed E-state index contributed by atoms with van der Waals surface area (Å²) < 4.78 is 8.89. The average molecular weight is 615 g/mol. The fraction of sp³-hybridized carbons (Fsp3) is 0.0444. The molecule has 0 aliphatic carbocycles. The average Bonchev–Trinajstić information content (AvgIpc) is 3.53. The van der Waals surface area contributed by atoms with Gasteiger partial charge >= 0.3 is 0 Å². The van der Waals surface area contributed by atoms with Crippen LogP contribution in [0.4, 0.5) is 0 Å². The third-order valence-corrected chi connectivity index (χ3v) is 9.90. The molecule has 0 unspecified atom stereocenters. The van der Waals surface area contributed by atoms with Gasteiger partial charge < -0.3 is 4.74 Å². The van der Waals surface area contributed by atoms with Gasteiger partial charge in [-0.05, 0) is 90.5 Å². The van der Waals surface area contributed by atoms with Gasteiger partial charge in [-0.3, -0.25) is 4.57 Å². The maximum Gasteiger partial charge on any atom is 0.153 e. The summed E-state index contributed by atoms with van der Waals surface area (Å²) in [5.74, 6) is 2.73. The van der Waals surface area contributed by atoms with Crippen molar-refractivity contribution in [3.05, 3.63) is 157 Å². The van der Waals surface area contributed by atoms with Crippen LogP contribution in [0.25, 0.3) is 82.4 Å². The summed E-state index contributed by atoms with van der Waals surface area (Å²) in [4.78, 5) is 5.03. The summed E-state index contributed by atoms with van der Waals surface area (Å²) >= 11 is 0. The molecule has 1 aliphatic rings. The number of aryl methyl sites for hydroxylation is 1. The van der Waals surface area contributed by atoms with Crippen molar-refractivity contribution in [1.82, 2.24) is 9.55 Å². The first-order valence-corrected chi connectivity index (χ1v) is 16.6. The maximum absolute atomic E-state index is 6.56. The van der Waals surface area contributed by atoms with Crippen molar-refractivity contribution in [3.8, 4) is 50.6 Å². The van der Waals surface area contributed by atoms with Gasteiger partial charge in [0.15, 0.2) is 11.5 Å². The van der Waals surface area contributed by atoms with E-state index >= 15 is 0 Å². The van der Waals surface area contributed by atoms with E-state index in [4.69, 9.17) is 9.72 Å². The normalized spacial score (nSPS) is 12.1. The quantitative estimate of drug-likeness (QED) is 0.184. The lowest BCUT2D eigenvalue weighted by Crippen LogP contribution is -2.08. The van der Waals surface area contributed by atoms with Gasteiger partial charge in [-0.2, -0.15) is 0 Å². The minimum atomic E-state index is 0.818. The molecule has 226 valence electrons. The highest BCUT2D eigenvalue weighted by molar-refractivity contribution is 6.22. The van der Waals surface area contributed by atoms with Crippen molar-refractivity contribution < 1.29 is 4.74 Å². The van der Waals surface area contributed by atoms with E-state index in [0.29, 0.717) is 0 Å². The van der Waals surface area contributed by atoms with Gasteiger partial charge in [0.25, 0.3) is 0 Å². The van der Waals surface area contributed by atoms with Gasteiger partial charge in [0.1, 0.15) is 11.3 Å². The Morgan fingerprint density at radius 1 is 0.521 bits per heavy atom. The first kappa shape index (κ1) is 27.0. The fourth-order valence-electron chi connectivity index (χ4n) is 7.81. The molecule has 48 heavy (non-hydrogen) atoms. The van der Waals surface area contributed by atoms with E-state index in [1.807, 2.05) is 12.1 Å². The van der Waals surface area contributed by atoms with Gasteiger partial charge in [-0.15, -0.1) is 0 Å². The van der Waals surface area contributed by atoms with Gasteiger partial charge in [0.2, 0.25) is 0 Å². The van der Waals surface area contributed by atoms with E-state index in [0.717, 1.165) is 51.6 Å². The molecule has 0 saturated heterocycles. The Morgan fingerprint density at radius 3 is 2.04 bits per heavy atom. The first-order chi connectivity index (χ1) is 23.8. The SMILES string of the molecule is CCc1nc2cccc3c2n1-c1c(cccc1-c1ccc2c(-c4ccccc4)c4ccccc4c(-c4ccc5ccccc5c4)c2c1)O3. The molecule has 3 nitrogen and oxygen atoms in total. The van der Waals surface area contributed by atoms with Crippen LogP contribution in [0, 0.1) is 0 Å².